The van der Waals surface area contributed by atoms with Crippen LogP contribution in [-0.4, -0.2) is 29.6 Å². The summed E-state index contributed by atoms with van der Waals surface area (Å²) >= 11 is 0. The van der Waals surface area contributed by atoms with Gasteiger partial charge in [-0.25, -0.2) is 9.40 Å². The molecule has 0 atom stereocenters. The number of hydrazone groups is 1. The van der Waals surface area contributed by atoms with Crippen molar-refractivity contribution in [1.82, 2.24) is 5.01 Å². The van der Waals surface area contributed by atoms with Gasteiger partial charge in [0.2, 0.25) is 5.91 Å². The van der Waals surface area contributed by atoms with E-state index in [1.807, 2.05) is 0 Å². The number of nitrogens with one attached hydrogen (secondary N) is 1. The predicted molar refractivity (Wildman–Crippen MR) is 69.2 cm³/mol. The highest BCUT2D eigenvalue weighted by Gasteiger charge is 2.22. The number of benzene rings is 1. The van der Waals surface area contributed by atoms with Crippen molar-refractivity contribution in [2.24, 2.45) is 5.10 Å². The van der Waals surface area contributed by atoms with Gasteiger partial charge in [-0.2, -0.15) is 5.10 Å². The van der Waals surface area contributed by atoms with Crippen LogP contribution in [0.5, 0.6) is 0 Å². The quantitative estimate of drug-likeness (QED) is 0.882. The second kappa shape index (κ2) is 5.17. The molecular weight excluding hydrogens is 249 g/mol. The zero-order chi connectivity index (χ0) is 14.0. The van der Waals surface area contributed by atoms with Crippen LogP contribution >= 0.6 is 0 Å². The van der Waals surface area contributed by atoms with Crippen molar-refractivity contribution < 1.29 is 14.0 Å². The number of carbonyl (C=O) groups excluding carboxylic acids is 2. The highest BCUT2D eigenvalue weighted by molar-refractivity contribution is 6.43. The standard InChI is InChI=1S/C13H14FN3O2/c1-8-3-4-10(9(14)7-8)15-13(19)11-5-6-12(18)17(2)16-11/h3-4,7H,5-6H2,1-2H3,(H,15,19). The van der Waals surface area contributed by atoms with E-state index in [-0.39, 0.29) is 30.1 Å². The summed E-state index contributed by atoms with van der Waals surface area (Å²) in [5.41, 5.74) is 1.11. The minimum Gasteiger partial charge on any atom is -0.318 e. The van der Waals surface area contributed by atoms with E-state index in [0.29, 0.717) is 0 Å². The highest BCUT2D eigenvalue weighted by Crippen LogP contribution is 2.16. The molecule has 0 spiro atoms. The molecule has 2 amide bonds. The van der Waals surface area contributed by atoms with Crippen molar-refractivity contribution in [3.63, 3.8) is 0 Å². The van der Waals surface area contributed by atoms with Crippen LogP contribution in [0, 0.1) is 12.7 Å². The van der Waals surface area contributed by atoms with Gasteiger partial charge in [-0.15, -0.1) is 0 Å². The third-order valence-electron chi connectivity index (χ3n) is 2.84. The summed E-state index contributed by atoms with van der Waals surface area (Å²) in [4.78, 5) is 23.1. The lowest BCUT2D eigenvalue weighted by Gasteiger charge is -2.19. The molecule has 0 unspecified atom stereocenters. The zero-order valence-electron chi connectivity index (χ0n) is 10.7. The first kappa shape index (κ1) is 13.2. The molecule has 1 aliphatic heterocycles. The number of hydrogen-bond acceptors (Lipinski definition) is 3. The normalized spacial score (nSPS) is 15.2. The molecule has 0 saturated heterocycles. The third-order valence-corrected chi connectivity index (χ3v) is 2.84. The fourth-order valence-corrected chi connectivity index (χ4v) is 1.75. The molecule has 5 nitrogen and oxygen atoms in total. The van der Waals surface area contributed by atoms with E-state index in [4.69, 9.17) is 0 Å². The van der Waals surface area contributed by atoms with Gasteiger partial charge in [0, 0.05) is 19.9 Å². The fourth-order valence-electron chi connectivity index (χ4n) is 1.75. The average Bonchev–Trinajstić information content (AvgIpc) is 2.36. The number of amides is 2. The average molecular weight is 263 g/mol. The lowest BCUT2D eigenvalue weighted by atomic mass is 10.1. The molecular formula is C13H14FN3O2. The summed E-state index contributed by atoms with van der Waals surface area (Å²) in [7, 11) is 1.49. The molecule has 0 bridgehead atoms. The van der Waals surface area contributed by atoms with E-state index in [1.54, 1.807) is 13.0 Å². The van der Waals surface area contributed by atoms with E-state index in [0.717, 1.165) is 10.6 Å². The smallest absolute Gasteiger partial charge is 0.271 e. The van der Waals surface area contributed by atoms with Crippen LogP contribution in [0.25, 0.3) is 0 Å². The Morgan fingerprint density at radius 1 is 1.42 bits per heavy atom. The summed E-state index contributed by atoms with van der Waals surface area (Å²) < 4.78 is 13.6. The van der Waals surface area contributed by atoms with Crippen LogP contribution in [0.4, 0.5) is 10.1 Å². The summed E-state index contributed by atoms with van der Waals surface area (Å²) in [5.74, 6) is -1.12. The Balaban J connectivity index is 2.13. The number of anilines is 1. The fraction of sp³-hybridized carbons (Fsp3) is 0.308. The highest BCUT2D eigenvalue weighted by atomic mass is 19.1. The molecule has 1 aliphatic rings. The lowest BCUT2D eigenvalue weighted by Crippen LogP contribution is -2.34. The molecule has 19 heavy (non-hydrogen) atoms. The van der Waals surface area contributed by atoms with Crippen LogP contribution in [0.3, 0.4) is 0 Å². The maximum absolute atomic E-state index is 13.6. The Morgan fingerprint density at radius 3 is 2.79 bits per heavy atom. The van der Waals surface area contributed by atoms with Crippen molar-refractivity contribution in [2.45, 2.75) is 19.8 Å². The molecule has 0 aliphatic carbocycles. The van der Waals surface area contributed by atoms with Gasteiger partial charge in [0.15, 0.2) is 0 Å². The van der Waals surface area contributed by atoms with E-state index in [1.165, 1.54) is 19.2 Å². The Morgan fingerprint density at radius 2 is 2.16 bits per heavy atom. The van der Waals surface area contributed by atoms with Crippen molar-refractivity contribution in [3.8, 4) is 0 Å². The van der Waals surface area contributed by atoms with Gasteiger partial charge in [-0.3, -0.25) is 9.59 Å². The molecule has 0 saturated carbocycles. The second-order valence-electron chi connectivity index (χ2n) is 4.40. The third kappa shape index (κ3) is 2.96. The maximum atomic E-state index is 13.6. The number of nitrogens with zero attached hydrogens (tertiary/aromatic N) is 2. The van der Waals surface area contributed by atoms with Gasteiger partial charge < -0.3 is 5.32 Å². The van der Waals surface area contributed by atoms with E-state index in [9.17, 15) is 14.0 Å². The molecule has 100 valence electrons. The van der Waals surface area contributed by atoms with Gasteiger partial charge in [0.25, 0.3) is 5.91 Å². The first-order chi connectivity index (χ1) is 8.97. The molecule has 1 aromatic rings. The van der Waals surface area contributed by atoms with Crippen molar-refractivity contribution in [2.75, 3.05) is 12.4 Å². The van der Waals surface area contributed by atoms with Crippen LogP contribution < -0.4 is 5.32 Å². The SMILES string of the molecule is Cc1ccc(NC(=O)C2=NN(C)C(=O)CC2)c(F)c1. The number of aryl methyl sites for hydroxylation is 1. The lowest BCUT2D eigenvalue weighted by molar-refractivity contribution is -0.130. The molecule has 0 fully saturated rings. The minimum absolute atomic E-state index is 0.109. The minimum atomic E-state index is -0.491. The summed E-state index contributed by atoms with van der Waals surface area (Å²) in [6.45, 7) is 1.76. The monoisotopic (exact) mass is 263 g/mol. The molecule has 1 N–H and O–H groups in total. The number of rotatable bonds is 2. The molecule has 0 radical (unpaired) electrons. The Labute approximate surface area is 110 Å². The summed E-state index contributed by atoms with van der Waals surface area (Å²) in [6, 6.07) is 4.55. The molecule has 6 heteroatoms. The van der Waals surface area contributed by atoms with Crippen LogP contribution in [0.15, 0.2) is 23.3 Å². The van der Waals surface area contributed by atoms with Crippen molar-refractivity contribution in [1.29, 1.82) is 0 Å². The number of carbonyl (C=O) groups is 2. The van der Waals surface area contributed by atoms with Gasteiger partial charge in [0.1, 0.15) is 11.5 Å². The second-order valence-corrected chi connectivity index (χ2v) is 4.40. The van der Waals surface area contributed by atoms with E-state index in [2.05, 4.69) is 10.4 Å². The van der Waals surface area contributed by atoms with Crippen molar-refractivity contribution >= 4 is 23.2 Å². The van der Waals surface area contributed by atoms with Crippen LogP contribution in [-0.2, 0) is 9.59 Å². The Kier molecular flexibility index (Phi) is 3.59. The Bertz CT molecular complexity index is 569. The predicted octanol–water partition coefficient (Wildman–Crippen LogP) is 1.68. The van der Waals surface area contributed by atoms with Crippen LogP contribution in [0.1, 0.15) is 18.4 Å². The topological polar surface area (TPSA) is 61.8 Å². The van der Waals surface area contributed by atoms with Gasteiger partial charge in [-0.1, -0.05) is 6.07 Å². The van der Waals surface area contributed by atoms with E-state index >= 15 is 0 Å². The Hall–Kier alpha value is -2.24. The molecule has 1 heterocycles. The zero-order valence-corrected chi connectivity index (χ0v) is 10.7. The van der Waals surface area contributed by atoms with Gasteiger partial charge in [0.05, 0.1) is 5.69 Å². The largest absolute Gasteiger partial charge is 0.318 e. The van der Waals surface area contributed by atoms with Crippen LogP contribution in [0.2, 0.25) is 0 Å². The molecule has 0 aromatic heterocycles. The van der Waals surface area contributed by atoms with Crippen molar-refractivity contribution in [3.05, 3.63) is 29.6 Å². The number of halogens is 1. The first-order valence-electron chi connectivity index (χ1n) is 5.89. The summed E-state index contributed by atoms with van der Waals surface area (Å²) in [6.07, 6.45) is 0.502. The van der Waals surface area contributed by atoms with Gasteiger partial charge in [-0.05, 0) is 24.6 Å². The number of hydrogen-bond donors (Lipinski definition) is 1. The first-order valence-corrected chi connectivity index (χ1v) is 5.89. The maximum Gasteiger partial charge on any atom is 0.271 e. The molecule has 1 aromatic carbocycles. The summed E-state index contributed by atoms with van der Waals surface area (Å²) in [5, 5.41) is 7.46. The molecule has 2 rings (SSSR count). The van der Waals surface area contributed by atoms with Gasteiger partial charge >= 0.3 is 0 Å². The van der Waals surface area contributed by atoms with E-state index < -0.39 is 11.7 Å².